The van der Waals surface area contributed by atoms with Gasteiger partial charge in [0.15, 0.2) is 0 Å². The Morgan fingerprint density at radius 3 is 2.41 bits per heavy atom. The molecule has 2 aliphatic rings. The fourth-order valence-corrected chi connectivity index (χ4v) is 2.91. The van der Waals surface area contributed by atoms with Gasteiger partial charge in [-0.05, 0) is 25.7 Å². The van der Waals surface area contributed by atoms with Crippen molar-refractivity contribution < 1.29 is 9.90 Å². The number of amides is 1. The van der Waals surface area contributed by atoms with Crippen molar-refractivity contribution >= 4 is 6.09 Å². The normalized spacial score (nSPS) is 31.5. The molecule has 0 aromatic heterocycles. The van der Waals surface area contributed by atoms with Gasteiger partial charge in [-0.2, -0.15) is 0 Å². The van der Waals surface area contributed by atoms with E-state index in [1.807, 2.05) is 0 Å². The molecule has 1 heterocycles. The molecule has 98 valence electrons. The summed E-state index contributed by atoms with van der Waals surface area (Å²) in [7, 11) is 0. The van der Waals surface area contributed by atoms with Gasteiger partial charge in [0, 0.05) is 31.2 Å². The van der Waals surface area contributed by atoms with Crippen molar-refractivity contribution in [1.82, 2.24) is 10.2 Å². The van der Waals surface area contributed by atoms with Crippen molar-refractivity contribution in [2.75, 3.05) is 13.1 Å². The maximum absolute atomic E-state index is 10.8. The lowest BCUT2D eigenvalue weighted by Gasteiger charge is -2.36. The first-order chi connectivity index (χ1) is 8.16. The molecule has 0 aromatic rings. The summed E-state index contributed by atoms with van der Waals surface area (Å²) in [6, 6.07) is 1.16. The first-order valence-electron chi connectivity index (χ1n) is 6.66. The Labute approximate surface area is 102 Å². The summed E-state index contributed by atoms with van der Waals surface area (Å²) in [5.74, 6) is 0. The van der Waals surface area contributed by atoms with Crippen LogP contribution in [0.4, 0.5) is 4.79 Å². The Hall–Kier alpha value is -0.810. The van der Waals surface area contributed by atoms with E-state index in [2.05, 4.69) is 5.32 Å². The van der Waals surface area contributed by atoms with Crippen molar-refractivity contribution in [2.24, 2.45) is 5.73 Å². The first-order valence-corrected chi connectivity index (χ1v) is 6.66. The molecule has 1 aliphatic heterocycles. The second-order valence-electron chi connectivity index (χ2n) is 5.27. The number of nitrogens with two attached hydrogens (primary N) is 1. The molecule has 1 aliphatic carbocycles. The van der Waals surface area contributed by atoms with Gasteiger partial charge in [0.05, 0.1) is 0 Å². The van der Waals surface area contributed by atoms with E-state index in [1.54, 1.807) is 0 Å². The van der Waals surface area contributed by atoms with Crippen LogP contribution < -0.4 is 11.1 Å². The number of piperidine rings is 1. The van der Waals surface area contributed by atoms with Crippen LogP contribution in [0.1, 0.15) is 38.5 Å². The van der Waals surface area contributed by atoms with Crippen LogP contribution in [0, 0.1) is 0 Å². The van der Waals surface area contributed by atoms with Crippen molar-refractivity contribution in [1.29, 1.82) is 0 Å². The zero-order chi connectivity index (χ0) is 12.3. The zero-order valence-corrected chi connectivity index (χ0v) is 10.3. The van der Waals surface area contributed by atoms with E-state index in [9.17, 15) is 4.79 Å². The average molecular weight is 241 g/mol. The number of likely N-dealkylation sites (tertiary alicyclic amines) is 1. The quantitative estimate of drug-likeness (QED) is 0.673. The number of rotatable bonds is 2. The average Bonchev–Trinajstić information content (AvgIpc) is 2.33. The second kappa shape index (κ2) is 5.69. The molecule has 2 rings (SSSR count). The second-order valence-corrected chi connectivity index (χ2v) is 5.27. The van der Waals surface area contributed by atoms with Gasteiger partial charge < -0.3 is 21.1 Å². The Kier molecular flexibility index (Phi) is 4.23. The van der Waals surface area contributed by atoms with Crippen LogP contribution in [0.2, 0.25) is 0 Å². The van der Waals surface area contributed by atoms with E-state index in [1.165, 1.54) is 24.2 Å². The highest BCUT2D eigenvalue weighted by atomic mass is 16.4. The van der Waals surface area contributed by atoms with Gasteiger partial charge in [-0.1, -0.05) is 12.8 Å². The summed E-state index contributed by atoms with van der Waals surface area (Å²) in [5.41, 5.74) is 6.10. The minimum Gasteiger partial charge on any atom is -0.465 e. The van der Waals surface area contributed by atoms with Gasteiger partial charge in [-0.3, -0.25) is 0 Å². The van der Waals surface area contributed by atoms with Crippen LogP contribution in [0.25, 0.3) is 0 Å². The highest BCUT2D eigenvalue weighted by molar-refractivity contribution is 5.65. The molecule has 5 heteroatoms. The molecule has 2 atom stereocenters. The molecule has 1 saturated carbocycles. The topological polar surface area (TPSA) is 78.6 Å². The number of carboxylic acid groups (broad SMARTS) is 1. The number of nitrogens with zero attached hydrogens (tertiary/aromatic N) is 1. The minimum absolute atomic E-state index is 0.279. The smallest absolute Gasteiger partial charge is 0.407 e. The molecule has 4 N–H and O–H groups in total. The van der Waals surface area contributed by atoms with Crippen molar-refractivity contribution in [3.63, 3.8) is 0 Å². The molecule has 0 radical (unpaired) electrons. The number of carbonyl (C=O) groups is 1. The third-order valence-corrected chi connectivity index (χ3v) is 4.03. The monoisotopic (exact) mass is 241 g/mol. The summed E-state index contributed by atoms with van der Waals surface area (Å²) in [5, 5.41) is 12.5. The predicted molar refractivity (Wildman–Crippen MR) is 66.0 cm³/mol. The van der Waals surface area contributed by atoms with Crippen LogP contribution in [0.15, 0.2) is 0 Å². The molecule has 1 saturated heterocycles. The number of nitrogens with one attached hydrogen (secondary N) is 1. The predicted octanol–water partition coefficient (Wildman–Crippen LogP) is 0.988. The van der Waals surface area contributed by atoms with Crippen LogP contribution >= 0.6 is 0 Å². The van der Waals surface area contributed by atoms with Crippen LogP contribution in [0.5, 0.6) is 0 Å². The molecule has 2 fully saturated rings. The van der Waals surface area contributed by atoms with Crippen LogP contribution in [-0.4, -0.2) is 47.3 Å². The van der Waals surface area contributed by atoms with E-state index in [0.29, 0.717) is 25.2 Å². The molecular formula is C12H23N3O2. The lowest BCUT2D eigenvalue weighted by atomic mass is 9.89. The van der Waals surface area contributed by atoms with Crippen molar-refractivity contribution in [3.05, 3.63) is 0 Å². The number of hydrogen-bond donors (Lipinski definition) is 3. The number of hydrogen-bond acceptors (Lipinski definition) is 3. The zero-order valence-electron chi connectivity index (χ0n) is 10.3. The van der Waals surface area contributed by atoms with Gasteiger partial charge in [-0.25, -0.2) is 4.79 Å². The van der Waals surface area contributed by atoms with E-state index in [4.69, 9.17) is 10.8 Å². The van der Waals surface area contributed by atoms with Gasteiger partial charge in [0.2, 0.25) is 0 Å². The maximum atomic E-state index is 10.8. The highest BCUT2D eigenvalue weighted by Gasteiger charge is 2.27. The van der Waals surface area contributed by atoms with Gasteiger partial charge in [0.1, 0.15) is 0 Å². The lowest BCUT2D eigenvalue weighted by Crippen LogP contribution is -2.53. The highest BCUT2D eigenvalue weighted by Crippen LogP contribution is 2.19. The molecule has 17 heavy (non-hydrogen) atoms. The third-order valence-electron chi connectivity index (χ3n) is 4.03. The SMILES string of the molecule is N[C@@H]1CCCC[C@H]1NC1CCN(C(=O)O)CC1. The fourth-order valence-electron chi connectivity index (χ4n) is 2.91. The first kappa shape index (κ1) is 12.6. The summed E-state index contributed by atoms with van der Waals surface area (Å²) in [4.78, 5) is 12.3. The standard InChI is InChI=1S/C12H23N3O2/c13-10-3-1-2-4-11(10)14-9-5-7-15(8-6-9)12(16)17/h9-11,14H,1-8,13H2,(H,16,17)/t10-,11-/m1/s1. The Morgan fingerprint density at radius 1 is 1.18 bits per heavy atom. The van der Waals surface area contributed by atoms with Crippen LogP contribution in [-0.2, 0) is 0 Å². The fraction of sp³-hybridized carbons (Fsp3) is 0.917. The Morgan fingerprint density at radius 2 is 1.82 bits per heavy atom. The van der Waals surface area contributed by atoms with E-state index in [-0.39, 0.29) is 6.04 Å². The van der Waals surface area contributed by atoms with Crippen molar-refractivity contribution in [2.45, 2.75) is 56.7 Å². The van der Waals surface area contributed by atoms with Crippen molar-refractivity contribution in [3.8, 4) is 0 Å². The molecular weight excluding hydrogens is 218 g/mol. The summed E-state index contributed by atoms with van der Waals surface area (Å²) < 4.78 is 0. The van der Waals surface area contributed by atoms with Gasteiger partial charge in [-0.15, -0.1) is 0 Å². The Balaban J connectivity index is 1.75. The third kappa shape index (κ3) is 3.33. The molecule has 1 amide bonds. The summed E-state index contributed by atoms with van der Waals surface area (Å²) in [6.45, 7) is 1.30. The van der Waals surface area contributed by atoms with E-state index in [0.717, 1.165) is 19.3 Å². The van der Waals surface area contributed by atoms with Gasteiger partial charge in [0.25, 0.3) is 0 Å². The molecule has 5 nitrogen and oxygen atoms in total. The van der Waals surface area contributed by atoms with Gasteiger partial charge >= 0.3 is 6.09 Å². The maximum Gasteiger partial charge on any atom is 0.407 e. The van der Waals surface area contributed by atoms with E-state index < -0.39 is 6.09 Å². The summed E-state index contributed by atoms with van der Waals surface area (Å²) >= 11 is 0. The molecule has 0 unspecified atom stereocenters. The largest absolute Gasteiger partial charge is 0.465 e. The molecule has 0 aromatic carbocycles. The minimum atomic E-state index is -0.794. The Bertz CT molecular complexity index is 264. The summed E-state index contributed by atoms with van der Waals surface area (Å²) in [6.07, 6.45) is 5.82. The van der Waals surface area contributed by atoms with E-state index >= 15 is 0 Å². The molecule has 0 bridgehead atoms. The lowest BCUT2D eigenvalue weighted by molar-refractivity contribution is 0.125. The van der Waals surface area contributed by atoms with Crippen LogP contribution in [0.3, 0.4) is 0 Å². The molecule has 0 spiro atoms.